The fourth-order valence-corrected chi connectivity index (χ4v) is 1.60. The summed E-state index contributed by atoms with van der Waals surface area (Å²) in [5, 5.41) is 13.7. The van der Waals surface area contributed by atoms with Gasteiger partial charge in [-0.1, -0.05) is 23.7 Å². The van der Waals surface area contributed by atoms with Crippen molar-refractivity contribution in [2.75, 3.05) is 6.54 Å². The predicted molar refractivity (Wildman–Crippen MR) is 52.8 cm³/mol. The first-order valence-electron chi connectivity index (χ1n) is 4.44. The Hall–Kier alpha value is -0.570. The third-order valence-corrected chi connectivity index (χ3v) is 2.71. The Kier molecular flexibility index (Phi) is 2.54. The molecular formula is C10H12ClNO. The molecule has 0 radical (unpaired) electrons. The van der Waals surface area contributed by atoms with E-state index in [0.717, 1.165) is 18.5 Å². The molecule has 1 saturated heterocycles. The van der Waals surface area contributed by atoms with Crippen LogP contribution in [0.15, 0.2) is 24.3 Å². The number of aliphatic hydroxyl groups is 1. The van der Waals surface area contributed by atoms with Crippen LogP contribution >= 0.6 is 11.6 Å². The molecule has 0 bridgehead atoms. The van der Waals surface area contributed by atoms with Crippen molar-refractivity contribution >= 4 is 11.6 Å². The maximum Gasteiger partial charge on any atom is 0.0943 e. The van der Waals surface area contributed by atoms with Crippen LogP contribution in [0, 0.1) is 0 Å². The van der Waals surface area contributed by atoms with Crippen LogP contribution in [0.25, 0.3) is 0 Å². The molecule has 1 aliphatic rings. The lowest BCUT2D eigenvalue weighted by Crippen LogP contribution is -2.46. The van der Waals surface area contributed by atoms with Crippen molar-refractivity contribution in [2.45, 2.75) is 18.6 Å². The Balaban J connectivity index is 2.10. The van der Waals surface area contributed by atoms with Crippen molar-refractivity contribution in [3.05, 3.63) is 34.9 Å². The largest absolute Gasteiger partial charge is 0.387 e. The summed E-state index contributed by atoms with van der Waals surface area (Å²) in [6, 6.07) is 7.57. The van der Waals surface area contributed by atoms with E-state index in [1.165, 1.54) is 0 Å². The van der Waals surface area contributed by atoms with Gasteiger partial charge in [-0.05, 0) is 30.7 Å². The molecule has 1 aliphatic heterocycles. The van der Waals surface area contributed by atoms with Gasteiger partial charge in [0.05, 0.1) is 6.10 Å². The van der Waals surface area contributed by atoms with Gasteiger partial charge in [-0.15, -0.1) is 0 Å². The zero-order chi connectivity index (χ0) is 9.26. The Bertz CT molecular complexity index is 281. The maximum absolute atomic E-state index is 9.83. The summed E-state index contributed by atoms with van der Waals surface area (Å²) in [4.78, 5) is 0. The van der Waals surface area contributed by atoms with Crippen LogP contribution in [0.5, 0.6) is 0 Å². The molecule has 0 aliphatic carbocycles. The minimum Gasteiger partial charge on any atom is -0.387 e. The summed E-state index contributed by atoms with van der Waals surface area (Å²) in [5.74, 6) is 0. The van der Waals surface area contributed by atoms with Gasteiger partial charge in [0, 0.05) is 11.1 Å². The summed E-state index contributed by atoms with van der Waals surface area (Å²) in [5.41, 5.74) is 0.932. The van der Waals surface area contributed by atoms with Gasteiger partial charge in [0.2, 0.25) is 0 Å². The quantitative estimate of drug-likeness (QED) is 0.757. The van der Waals surface area contributed by atoms with Crippen LogP contribution in [0.2, 0.25) is 5.02 Å². The summed E-state index contributed by atoms with van der Waals surface area (Å²) >= 11 is 5.75. The van der Waals surface area contributed by atoms with Crippen LogP contribution in [0.1, 0.15) is 18.1 Å². The van der Waals surface area contributed by atoms with Crippen LogP contribution in [0.4, 0.5) is 0 Å². The number of rotatable bonds is 2. The second-order valence-electron chi connectivity index (χ2n) is 3.35. The summed E-state index contributed by atoms with van der Waals surface area (Å²) in [6.45, 7) is 1.01. The van der Waals surface area contributed by atoms with Crippen molar-refractivity contribution in [2.24, 2.45) is 0 Å². The molecule has 0 saturated carbocycles. The zero-order valence-electron chi connectivity index (χ0n) is 7.20. The average molecular weight is 198 g/mol. The lowest BCUT2D eigenvalue weighted by Gasteiger charge is -2.32. The van der Waals surface area contributed by atoms with Gasteiger partial charge in [-0.3, -0.25) is 0 Å². The maximum atomic E-state index is 9.83. The molecular weight excluding hydrogens is 186 g/mol. The van der Waals surface area contributed by atoms with Gasteiger partial charge < -0.3 is 10.4 Å². The van der Waals surface area contributed by atoms with E-state index in [0.29, 0.717) is 5.02 Å². The highest BCUT2D eigenvalue weighted by Gasteiger charge is 2.25. The first-order chi connectivity index (χ1) is 6.27. The standard InChI is InChI=1S/C10H12ClNO/c11-8-3-1-7(2-4-8)10(13)9-5-6-12-9/h1-4,9-10,12-13H,5-6H2. The minimum absolute atomic E-state index is 0.223. The van der Waals surface area contributed by atoms with Gasteiger partial charge in [-0.2, -0.15) is 0 Å². The SMILES string of the molecule is OC(c1ccc(Cl)cc1)C1CCN1. The predicted octanol–water partition coefficient (Wildman–Crippen LogP) is 1.74. The van der Waals surface area contributed by atoms with Crippen LogP contribution in [-0.2, 0) is 0 Å². The molecule has 1 fully saturated rings. The Labute approximate surface area is 82.5 Å². The fraction of sp³-hybridized carbons (Fsp3) is 0.400. The monoisotopic (exact) mass is 197 g/mol. The molecule has 1 heterocycles. The van der Waals surface area contributed by atoms with E-state index in [4.69, 9.17) is 11.6 Å². The van der Waals surface area contributed by atoms with E-state index >= 15 is 0 Å². The lowest BCUT2D eigenvalue weighted by atomic mass is 9.95. The van der Waals surface area contributed by atoms with Gasteiger partial charge in [0.15, 0.2) is 0 Å². The van der Waals surface area contributed by atoms with Crippen molar-refractivity contribution in [3.63, 3.8) is 0 Å². The number of nitrogens with one attached hydrogen (secondary N) is 1. The zero-order valence-corrected chi connectivity index (χ0v) is 7.96. The normalized spacial score (nSPS) is 23.7. The van der Waals surface area contributed by atoms with E-state index in [9.17, 15) is 5.11 Å². The van der Waals surface area contributed by atoms with E-state index in [2.05, 4.69) is 5.32 Å². The van der Waals surface area contributed by atoms with Crippen molar-refractivity contribution in [1.29, 1.82) is 0 Å². The topological polar surface area (TPSA) is 32.3 Å². The molecule has 0 aromatic heterocycles. The third kappa shape index (κ3) is 1.85. The summed E-state index contributed by atoms with van der Waals surface area (Å²) < 4.78 is 0. The Morgan fingerprint density at radius 3 is 2.46 bits per heavy atom. The number of hydrogen-bond acceptors (Lipinski definition) is 2. The average Bonchev–Trinajstić information content (AvgIpc) is 2.02. The van der Waals surface area contributed by atoms with E-state index in [1.807, 2.05) is 12.1 Å². The van der Waals surface area contributed by atoms with Crippen molar-refractivity contribution in [1.82, 2.24) is 5.32 Å². The first-order valence-corrected chi connectivity index (χ1v) is 4.82. The molecule has 2 N–H and O–H groups in total. The molecule has 3 heteroatoms. The number of hydrogen-bond donors (Lipinski definition) is 2. The molecule has 2 unspecified atom stereocenters. The molecule has 2 atom stereocenters. The molecule has 1 aromatic rings. The van der Waals surface area contributed by atoms with Crippen molar-refractivity contribution in [3.8, 4) is 0 Å². The van der Waals surface area contributed by atoms with Gasteiger partial charge in [0.25, 0.3) is 0 Å². The summed E-state index contributed by atoms with van der Waals surface area (Å²) in [7, 11) is 0. The van der Waals surface area contributed by atoms with Crippen molar-refractivity contribution < 1.29 is 5.11 Å². The molecule has 2 nitrogen and oxygen atoms in total. The highest BCUT2D eigenvalue weighted by Crippen LogP contribution is 2.23. The lowest BCUT2D eigenvalue weighted by molar-refractivity contribution is 0.0957. The van der Waals surface area contributed by atoms with Gasteiger partial charge >= 0.3 is 0 Å². The number of aliphatic hydroxyl groups excluding tert-OH is 1. The van der Waals surface area contributed by atoms with E-state index in [1.54, 1.807) is 12.1 Å². The molecule has 2 rings (SSSR count). The highest BCUT2D eigenvalue weighted by molar-refractivity contribution is 6.30. The van der Waals surface area contributed by atoms with Gasteiger partial charge in [-0.25, -0.2) is 0 Å². The molecule has 1 aromatic carbocycles. The Morgan fingerprint density at radius 1 is 1.38 bits per heavy atom. The third-order valence-electron chi connectivity index (χ3n) is 2.45. The smallest absolute Gasteiger partial charge is 0.0943 e. The fourth-order valence-electron chi connectivity index (χ4n) is 1.47. The highest BCUT2D eigenvalue weighted by atomic mass is 35.5. The molecule has 0 spiro atoms. The molecule has 0 amide bonds. The molecule has 13 heavy (non-hydrogen) atoms. The van der Waals surface area contributed by atoms with Crippen LogP contribution in [0.3, 0.4) is 0 Å². The van der Waals surface area contributed by atoms with Gasteiger partial charge in [0.1, 0.15) is 0 Å². The van der Waals surface area contributed by atoms with Crippen LogP contribution < -0.4 is 5.32 Å². The second kappa shape index (κ2) is 3.66. The summed E-state index contributed by atoms with van der Waals surface area (Å²) in [6.07, 6.45) is 0.648. The Morgan fingerprint density at radius 2 is 2.00 bits per heavy atom. The number of halogens is 1. The minimum atomic E-state index is -0.397. The van der Waals surface area contributed by atoms with E-state index in [-0.39, 0.29) is 6.04 Å². The first kappa shape index (κ1) is 9.00. The second-order valence-corrected chi connectivity index (χ2v) is 3.78. The van der Waals surface area contributed by atoms with Crippen LogP contribution in [-0.4, -0.2) is 17.7 Å². The molecule has 70 valence electrons. The number of benzene rings is 1. The van der Waals surface area contributed by atoms with E-state index < -0.39 is 6.10 Å².